The van der Waals surface area contributed by atoms with E-state index in [4.69, 9.17) is 4.74 Å². The van der Waals surface area contributed by atoms with Crippen LogP contribution in [0, 0.1) is 15.5 Å². The molecule has 2 atom stereocenters. The van der Waals surface area contributed by atoms with E-state index in [1.807, 2.05) is 20.8 Å². The average Bonchev–Trinajstić information content (AvgIpc) is 2.49. The molecule has 1 aliphatic rings. The molecule has 126 valence electrons. The highest BCUT2D eigenvalue weighted by Crippen LogP contribution is 2.46. The first kappa shape index (κ1) is 17.2. The number of rotatable bonds is 5. The summed E-state index contributed by atoms with van der Waals surface area (Å²) in [5.41, 5.74) is -0.738. The van der Waals surface area contributed by atoms with Crippen molar-refractivity contribution in [1.82, 2.24) is 4.90 Å². The van der Waals surface area contributed by atoms with Gasteiger partial charge in [-0.05, 0) is 19.4 Å². The van der Waals surface area contributed by atoms with Crippen LogP contribution in [-0.4, -0.2) is 46.6 Å². The molecule has 0 saturated heterocycles. The third-order valence-corrected chi connectivity index (χ3v) is 4.72. The van der Waals surface area contributed by atoms with Crippen molar-refractivity contribution in [1.29, 1.82) is 0 Å². The van der Waals surface area contributed by atoms with Crippen LogP contribution >= 0.6 is 0 Å². The van der Waals surface area contributed by atoms with E-state index in [2.05, 4.69) is 0 Å². The monoisotopic (exact) mass is 322 g/mol. The van der Waals surface area contributed by atoms with Gasteiger partial charge in [0.25, 0.3) is 5.91 Å². The molecule has 1 aromatic carbocycles. The molecule has 1 saturated carbocycles. The van der Waals surface area contributed by atoms with E-state index in [1.165, 1.54) is 23.1 Å². The topological polar surface area (TPSA) is 92.9 Å². The highest BCUT2D eigenvalue weighted by atomic mass is 16.6. The lowest BCUT2D eigenvalue weighted by molar-refractivity contribution is -0.385. The van der Waals surface area contributed by atoms with Gasteiger partial charge in [-0.15, -0.1) is 0 Å². The van der Waals surface area contributed by atoms with E-state index < -0.39 is 22.3 Å². The van der Waals surface area contributed by atoms with E-state index in [9.17, 15) is 20.0 Å². The molecule has 0 spiro atoms. The zero-order valence-corrected chi connectivity index (χ0v) is 13.8. The zero-order valence-electron chi connectivity index (χ0n) is 13.8. The van der Waals surface area contributed by atoms with Crippen molar-refractivity contribution in [3.05, 3.63) is 33.9 Å². The molecule has 1 N–H and O–H groups in total. The second-order valence-electron chi connectivity index (χ2n) is 6.36. The summed E-state index contributed by atoms with van der Waals surface area (Å²) in [7, 11) is 1.65. The summed E-state index contributed by atoms with van der Waals surface area (Å²) in [6.45, 7) is 6.60. The lowest BCUT2D eigenvalue weighted by Crippen LogP contribution is -2.62. The molecule has 7 heteroatoms. The van der Waals surface area contributed by atoms with Gasteiger partial charge in [0, 0.05) is 31.2 Å². The molecule has 0 unspecified atom stereocenters. The van der Waals surface area contributed by atoms with Crippen LogP contribution in [0.3, 0.4) is 0 Å². The lowest BCUT2D eigenvalue weighted by atomic mass is 9.63. The molecule has 1 aliphatic carbocycles. The van der Waals surface area contributed by atoms with E-state index >= 15 is 0 Å². The van der Waals surface area contributed by atoms with Crippen molar-refractivity contribution >= 4 is 11.6 Å². The fourth-order valence-electron chi connectivity index (χ4n) is 3.19. The van der Waals surface area contributed by atoms with Gasteiger partial charge in [-0.25, -0.2) is 0 Å². The number of para-hydroxylation sites is 1. The number of ether oxygens (including phenoxy) is 1. The number of nitro benzene ring substituents is 1. The SMILES string of the molecule is CCO[C@@H]1C[C@H](N(C)C(=O)c2cccc([N+](=O)[O-])c2O)C1(C)C. The fraction of sp³-hybridized carbons (Fsp3) is 0.562. The van der Waals surface area contributed by atoms with Gasteiger partial charge in [-0.1, -0.05) is 19.9 Å². The second-order valence-corrected chi connectivity index (χ2v) is 6.36. The molecule has 2 rings (SSSR count). The number of nitro groups is 1. The summed E-state index contributed by atoms with van der Waals surface area (Å²) in [6.07, 6.45) is 0.783. The van der Waals surface area contributed by atoms with Crippen LogP contribution in [0.25, 0.3) is 0 Å². The maximum absolute atomic E-state index is 12.6. The predicted molar refractivity (Wildman–Crippen MR) is 84.5 cm³/mol. The second kappa shape index (κ2) is 6.16. The Kier molecular flexibility index (Phi) is 4.61. The Bertz CT molecular complexity index is 629. The van der Waals surface area contributed by atoms with Gasteiger partial charge in [0.05, 0.1) is 16.6 Å². The number of phenolic OH excluding ortho intramolecular Hbond substituents is 1. The van der Waals surface area contributed by atoms with E-state index in [-0.39, 0.29) is 23.1 Å². The number of amides is 1. The Morgan fingerprint density at radius 3 is 2.70 bits per heavy atom. The maximum atomic E-state index is 12.6. The Morgan fingerprint density at radius 1 is 1.52 bits per heavy atom. The Morgan fingerprint density at radius 2 is 2.17 bits per heavy atom. The van der Waals surface area contributed by atoms with E-state index in [0.717, 1.165) is 0 Å². The van der Waals surface area contributed by atoms with Crippen molar-refractivity contribution in [2.24, 2.45) is 5.41 Å². The maximum Gasteiger partial charge on any atom is 0.311 e. The fourth-order valence-corrected chi connectivity index (χ4v) is 3.19. The number of aromatic hydroxyl groups is 1. The summed E-state index contributed by atoms with van der Waals surface area (Å²) in [6, 6.07) is 3.91. The number of carbonyl (C=O) groups excluding carboxylic acids is 1. The molecule has 23 heavy (non-hydrogen) atoms. The summed E-state index contributed by atoms with van der Waals surface area (Å²) >= 11 is 0. The van der Waals surface area contributed by atoms with E-state index in [1.54, 1.807) is 7.05 Å². The number of hydrogen-bond acceptors (Lipinski definition) is 5. The van der Waals surface area contributed by atoms with Crippen molar-refractivity contribution in [3.8, 4) is 5.75 Å². The molecule has 1 fully saturated rings. The van der Waals surface area contributed by atoms with Gasteiger partial charge in [-0.3, -0.25) is 14.9 Å². The first-order valence-electron chi connectivity index (χ1n) is 7.56. The van der Waals surface area contributed by atoms with Gasteiger partial charge in [0.1, 0.15) is 0 Å². The number of benzene rings is 1. The minimum atomic E-state index is -0.704. The van der Waals surface area contributed by atoms with Crippen LogP contribution in [0.1, 0.15) is 37.6 Å². The average molecular weight is 322 g/mol. The number of phenols is 1. The first-order valence-corrected chi connectivity index (χ1v) is 7.56. The third kappa shape index (κ3) is 2.88. The molecule has 1 amide bonds. The first-order chi connectivity index (χ1) is 10.7. The van der Waals surface area contributed by atoms with Crippen LogP contribution in [0.5, 0.6) is 5.75 Å². The third-order valence-electron chi connectivity index (χ3n) is 4.72. The number of carbonyl (C=O) groups is 1. The Hall–Kier alpha value is -2.15. The predicted octanol–water partition coefficient (Wildman–Crippen LogP) is 2.58. The summed E-state index contributed by atoms with van der Waals surface area (Å²) < 4.78 is 5.66. The summed E-state index contributed by atoms with van der Waals surface area (Å²) in [5.74, 6) is -1.02. The van der Waals surface area contributed by atoms with Gasteiger partial charge in [0.15, 0.2) is 0 Å². The molecule has 0 heterocycles. The van der Waals surface area contributed by atoms with Gasteiger partial charge < -0.3 is 14.7 Å². The summed E-state index contributed by atoms with van der Waals surface area (Å²) in [4.78, 5) is 24.4. The highest BCUT2D eigenvalue weighted by molar-refractivity contribution is 5.98. The molecular formula is C16H22N2O5. The quantitative estimate of drug-likeness (QED) is 0.664. The standard InChI is InChI=1S/C16H22N2O5/c1-5-23-13-9-12(16(13,2)3)17(4)15(20)10-7-6-8-11(14(10)19)18(21)22/h6-8,12-13,19H,5,9H2,1-4H3/t12-,13+/m0/s1. The van der Waals surface area contributed by atoms with Gasteiger partial charge in [-0.2, -0.15) is 0 Å². The smallest absolute Gasteiger partial charge is 0.311 e. The van der Waals surface area contributed by atoms with Crippen molar-refractivity contribution in [2.45, 2.75) is 39.3 Å². The Labute approximate surface area is 135 Å². The largest absolute Gasteiger partial charge is 0.502 e. The lowest BCUT2D eigenvalue weighted by Gasteiger charge is -2.54. The molecule has 0 bridgehead atoms. The molecular weight excluding hydrogens is 300 g/mol. The van der Waals surface area contributed by atoms with Crippen molar-refractivity contribution in [3.63, 3.8) is 0 Å². The molecule has 0 aliphatic heterocycles. The number of nitrogens with zero attached hydrogens (tertiary/aromatic N) is 2. The molecule has 0 aromatic heterocycles. The zero-order chi connectivity index (χ0) is 17.4. The van der Waals surface area contributed by atoms with Crippen LogP contribution in [0.2, 0.25) is 0 Å². The van der Waals surface area contributed by atoms with Crippen LogP contribution in [0.15, 0.2) is 18.2 Å². The molecule has 7 nitrogen and oxygen atoms in total. The van der Waals surface area contributed by atoms with Crippen LogP contribution < -0.4 is 0 Å². The molecule has 1 aromatic rings. The van der Waals surface area contributed by atoms with Gasteiger partial charge >= 0.3 is 5.69 Å². The minimum absolute atomic E-state index is 0.0507. The van der Waals surface area contributed by atoms with Crippen molar-refractivity contribution in [2.75, 3.05) is 13.7 Å². The van der Waals surface area contributed by atoms with Gasteiger partial charge in [0.2, 0.25) is 5.75 Å². The number of hydrogen-bond donors (Lipinski definition) is 1. The van der Waals surface area contributed by atoms with Crippen LogP contribution in [0.4, 0.5) is 5.69 Å². The minimum Gasteiger partial charge on any atom is -0.502 e. The Balaban J connectivity index is 2.22. The van der Waals surface area contributed by atoms with Crippen molar-refractivity contribution < 1.29 is 19.6 Å². The summed E-state index contributed by atoms with van der Waals surface area (Å²) in [5, 5.41) is 20.9. The highest BCUT2D eigenvalue weighted by Gasteiger charge is 2.52. The molecule has 0 radical (unpaired) electrons. The van der Waals surface area contributed by atoms with Crippen LogP contribution in [-0.2, 0) is 4.74 Å². The normalized spacial score (nSPS) is 22.3. The van der Waals surface area contributed by atoms with E-state index in [0.29, 0.717) is 13.0 Å².